The zero-order valence-electron chi connectivity index (χ0n) is 9.33. The monoisotopic (exact) mass is 238 g/mol. The van der Waals surface area contributed by atoms with Crippen LogP contribution in [0.3, 0.4) is 0 Å². The number of hydrogen-bond acceptors (Lipinski definition) is 4. The van der Waals surface area contributed by atoms with Gasteiger partial charge in [0.15, 0.2) is 0 Å². The van der Waals surface area contributed by atoms with Gasteiger partial charge in [-0.3, -0.25) is 4.68 Å². The van der Waals surface area contributed by atoms with Gasteiger partial charge in [-0.25, -0.2) is 4.79 Å². The predicted octanol–water partition coefficient (Wildman–Crippen LogP) is 0.248. The average Bonchev–Trinajstić information content (AvgIpc) is 2.77. The number of carboxylic acid groups (broad SMARTS) is 1. The van der Waals surface area contributed by atoms with E-state index in [1.807, 2.05) is 0 Å². The molecule has 0 unspecified atom stereocenters. The lowest BCUT2D eigenvalue weighted by Gasteiger charge is -2.04. The standard InChI is InChI=1S/C11H14N2O4/c1-2-4-16-6-7-17-5-3-13-9-10(8-12-13)11(14)15/h1,8-9H,3-7H2,(H,14,15). The van der Waals surface area contributed by atoms with Gasteiger partial charge in [0.25, 0.3) is 0 Å². The van der Waals surface area contributed by atoms with Crippen LogP contribution in [-0.4, -0.2) is 47.3 Å². The Balaban J connectivity index is 2.10. The molecule has 1 aromatic rings. The Kier molecular flexibility index (Phi) is 5.79. The second kappa shape index (κ2) is 7.44. The van der Waals surface area contributed by atoms with Gasteiger partial charge in [-0.05, 0) is 0 Å². The number of carbonyl (C=O) groups is 1. The van der Waals surface area contributed by atoms with Gasteiger partial charge in [0.05, 0.1) is 38.1 Å². The van der Waals surface area contributed by atoms with Crippen LogP contribution in [0.25, 0.3) is 0 Å². The average molecular weight is 238 g/mol. The fourth-order valence-electron chi connectivity index (χ4n) is 1.11. The maximum Gasteiger partial charge on any atom is 0.338 e. The van der Waals surface area contributed by atoms with Gasteiger partial charge in [0.1, 0.15) is 6.61 Å². The SMILES string of the molecule is C#CCOCCOCCn1cc(C(=O)O)cn1. The van der Waals surface area contributed by atoms with E-state index in [0.29, 0.717) is 26.4 Å². The molecule has 0 bridgehead atoms. The van der Waals surface area contributed by atoms with E-state index in [1.54, 1.807) is 0 Å². The van der Waals surface area contributed by atoms with Gasteiger partial charge in [-0.2, -0.15) is 5.10 Å². The molecule has 0 aromatic carbocycles. The van der Waals surface area contributed by atoms with Crippen molar-refractivity contribution in [3.05, 3.63) is 18.0 Å². The Bertz CT molecular complexity index is 394. The third-order valence-corrected chi connectivity index (χ3v) is 1.90. The number of aromatic nitrogens is 2. The quantitative estimate of drug-likeness (QED) is 0.519. The third kappa shape index (κ3) is 5.15. The molecule has 0 amide bonds. The first-order valence-corrected chi connectivity index (χ1v) is 5.08. The highest BCUT2D eigenvalue weighted by atomic mass is 16.5. The molecule has 0 aliphatic rings. The molecule has 17 heavy (non-hydrogen) atoms. The zero-order chi connectivity index (χ0) is 12.5. The molecule has 0 aliphatic heterocycles. The van der Waals surface area contributed by atoms with E-state index in [2.05, 4.69) is 11.0 Å². The summed E-state index contributed by atoms with van der Waals surface area (Å²) >= 11 is 0. The van der Waals surface area contributed by atoms with Crippen LogP contribution in [0.5, 0.6) is 0 Å². The van der Waals surface area contributed by atoms with Gasteiger partial charge >= 0.3 is 5.97 Å². The molecule has 0 aliphatic carbocycles. The van der Waals surface area contributed by atoms with Crippen molar-refractivity contribution in [1.82, 2.24) is 9.78 Å². The number of rotatable bonds is 8. The summed E-state index contributed by atoms with van der Waals surface area (Å²) in [4.78, 5) is 10.6. The van der Waals surface area contributed by atoms with Crippen molar-refractivity contribution in [2.75, 3.05) is 26.4 Å². The highest BCUT2D eigenvalue weighted by Gasteiger charge is 2.05. The van der Waals surface area contributed by atoms with E-state index < -0.39 is 5.97 Å². The Hall–Kier alpha value is -1.84. The zero-order valence-corrected chi connectivity index (χ0v) is 9.33. The minimum absolute atomic E-state index is 0.169. The van der Waals surface area contributed by atoms with Crippen molar-refractivity contribution in [3.8, 4) is 12.3 Å². The summed E-state index contributed by atoms with van der Waals surface area (Å²) in [6.45, 7) is 2.13. The molecule has 1 heterocycles. The molecule has 0 saturated heterocycles. The summed E-state index contributed by atoms with van der Waals surface area (Å²) in [7, 11) is 0. The lowest BCUT2D eigenvalue weighted by Crippen LogP contribution is -2.10. The van der Waals surface area contributed by atoms with Gasteiger partial charge in [0.2, 0.25) is 0 Å². The molecule has 1 N–H and O–H groups in total. The van der Waals surface area contributed by atoms with Gasteiger partial charge in [0, 0.05) is 6.20 Å². The lowest BCUT2D eigenvalue weighted by molar-refractivity contribution is 0.0555. The number of hydrogen-bond donors (Lipinski definition) is 1. The smallest absolute Gasteiger partial charge is 0.338 e. The minimum Gasteiger partial charge on any atom is -0.478 e. The fraction of sp³-hybridized carbons (Fsp3) is 0.455. The fourth-order valence-corrected chi connectivity index (χ4v) is 1.11. The molecule has 92 valence electrons. The topological polar surface area (TPSA) is 73.6 Å². The van der Waals surface area contributed by atoms with Crippen molar-refractivity contribution in [1.29, 1.82) is 0 Å². The first-order chi connectivity index (χ1) is 8.24. The van der Waals surface area contributed by atoms with E-state index in [0.717, 1.165) is 0 Å². The summed E-state index contributed by atoms with van der Waals surface area (Å²) in [5, 5.41) is 12.6. The summed E-state index contributed by atoms with van der Waals surface area (Å²) in [6, 6.07) is 0. The van der Waals surface area contributed by atoms with Crippen molar-refractivity contribution >= 4 is 5.97 Å². The molecule has 6 heteroatoms. The number of aromatic carboxylic acids is 1. The van der Waals surface area contributed by atoms with Crippen LogP contribution in [0.1, 0.15) is 10.4 Å². The molecule has 6 nitrogen and oxygen atoms in total. The van der Waals surface area contributed by atoms with E-state index in [-0.39, 0.29) is 12.2 Å². The first-order valence-electron chi connectivity index (χ1n) is 5.08. The predicted molar refractivity (Wildman–Crippen MR) is 59.7 cm³/mol. The van der Waals surface area contributed by atoms with Gasteiger partial charge in [-0.1, -0.05) is 5.92 Å². The molecule has 0 atom stereocenters. The molecule has 1 rings (SSSR count). The molecular formula is C11H14N2O4. The third-order valence-electron chi connectivity index (χ3n) is 1.90. The highest BCUT2D eigenvalue weighted by molar-refractivity contribution is 5.86. The Morgan fingerprint density at radius 3 is 2.88 bits per heavy atom. The molecule has 0 spiro atoms. The molecule has 1 aromatic heterocycles. The van der Waals surface area contributed by atoms with E-state index in [9.17, 15) is 4.79 Å². The molecule has 0 radical (unpaired) electrons. The lowest BCUT2D eigenvalue weighted by atomic mass is 10.4. The summed E-state index contributed by atoms with van der Waals surface area (Å²) < 4.78 is 11.8. The van der Waals surface area contributed by atoms with Crippen LogP contribution < -0.4 is 0 Å². The summed E-state index contributed by atoms with van der Waals surface area (Å²) in [6.07, 6.45) is 7.76. The Morgan fingerprint density at radius 1 is 1.47 bits per heavy atom. The molecule has 0 saturated carbocycles. The summed E-state index contributed by atoms with van der Waals surface area (Å²) in [5.74, 6) is 1.36. The normalized spacial score (nSPS) is 10.1. The number of nitrogens with zero attached hydrogens (tertiary/aromatic N) is 2. The molecule has 0 fully saturated rings. The van der Waals surface area contributed by atoms with Gasteiger partial charge in [-0.15, -0.1) is 6.42 Å². The van der Waals surface area contributed by atoms with Gasteiger partial charge < -0.3 is 14.6 Å². The van der Waals surface area contributed by atoms with Crippen LogP contribution in [0.2, 0.25) is 0 Å². The second-order valence-corrected chi connectivity index (χ2v) is 3.17. The van der Waals surface area contributed by atoms with Crippen LogP contribution in [0.15, 0.2) is 12.4 Å². The number of carboxylic acids is 1. The highest BCUT2D eigenvalue weighted by Crippen LogP contribution is 1.97. The second-order valence-electron chi connectivity index (χ2n) is 3.17. The van der Waals surface area contributed by atoms with Crippen molar-refractivity contribution in [3.63, 3.8) is 0 Å². The minimum atomic E-state index is -0.986. The first kappa shape index (κ1) is 13.2. The van der Waals surface area contributed by atoms with Crippen LogP contribution in [-0.2, 0) is 16.0 Å². The Labute approximate surface area is 99.1 Å². The maximum absolute atomic E-state index is 10.6. The summed E-state index contributed by atoms with van der Waals surface area (Å²) in [5.41, 5.74) is 0.169. The maximum atomic E-state index is 10.6. The Morgan fingerprint density at radius 2 is 2.24 bits per heavy atom. The van der Waals surface area contributed by atoms with Crippen molar-refractivity contribution in [2.24, 2.45) is 0 Å². The largest absolute Gasteiger partial charge is 0.478 e. The van der Waals surface area contributed by atoms with E-state index >= 15 is 0 Å². The van der Waals surface area contributed by atoms with Crippen LogP contribution in [0, 0.1) is 12.3 Å². The van der Waals surface area contributed by atoms with Crippen molar-refractivity contribution in [2.45, 2.75) is 6.54 Å². The number of terminal acetylenes is 1. The van der Waals surface area contributed by atoms with Crippen molar-refractivity contribution < 1.29 is 19.4 Å². The van der Waals surface area contributed by atoms with Crippen LogP contribution >= 0.6 is 0 Å². The van der Waals surface area contributed by atoms with Crippen LogP contribution in [0.4, 0.5) is 0 Å². The molecular weight excluding hydrogens is 224 g/mol. The van der Waals surface area contributed by atoms with E-state index in [1.165, 1.54) is 17.1 Å². The number of ether oxygens (including phenoxy) is 2. The van der Waals surface area contributed by atoms with E-state index in [4.69, 9.17) is 21.0 Å².